The average Bonchev–Trinajstić information content (AvgIpc) is 2.75. The zero-order chi connectivity index (χ0) is 11.1. The highest BCUT2D eigenvalue weighted by Gasteiger charge is 2.14. The fourth-order valence-electron chi connectivity index (χ4n) is 1.49. The second-order valence-electron chi connectivity index (χ2n) is 3.57. The van der Waals surface area contributed by atoms with Crippen LogP contribution in [0.4, 0.5) is 0 Å². The van der Waals surface area contributed by atoms with Crippen molar-refractivity contribution in [1.29, 1.82) is 0 Å². The summed E-state index contributed by atoms with van der Waals surface area (Å²) in [7, 11) is 1.35. The number of nitrogens with two attached hydrogens (primary N) is 1. The van der Waals surface area contributed by atoms with Gasteiger partial charge in [-0.3, -0.25) is 20.7 Å². The predicted octanol–water partition coefficient (Wildman–Crippen LogP) is -1.67. The molecule has 5 N–H and O–H groups in total. The molecule has 1 rings (SSSR count). The van der Waals surface area contributed by atoms with E-state index >= 15 is 0 Å². The van der Waals surface area contributed by atoms with Crippen LogP contribution < -0.4 is 21.7 Å². The van der Waals surface area contributed by atoms with Gasteiger partial charge in [0.1, 0.15) is 12.3 Å². The van der Waals surface area contributed by atoms with Crippen molar-refractivity contribution in [2.24, 2.45) is 5.73 Å². The van der Waals surface area contributed by atoms with E-state index in [2.05, 4.69) is 20.7 Å². The summed E-state index contributed by atoms with van der Waals surface area (Å²) in [6, 6.07) is -0.499. The number of esters is 1. The van der Waals surface area contributed by atoms with E-state index in [-0.39, 0.29) is 12.3 Å². The van der Waals surface area contributed by atoms with E-state index < -0.39 is 6.04 Å². The van der Waals surface area contributed by atoms with Crippen molar-refractivity contribution in [1.82, 2.24) is 16.0 Å². The van der Waals surface area contributed by atoms with Gasteiger partial charge in [0.2, 0.25) is 0 Å². The molecule has 1 saturated heterocycles. The summed E-state index contributed by atoms with van der Waals surface area (Å²) >= 11 is 0. The van der Waals surface area contributed by atoms with Crippen LogP contribution in [0.1, 0.15) is 12.8 Å². The van der Waals surface area contributed by atoms with E-state index in [1.807, 2.05) is 0 Å². The zero-order valence-electron chi connectivity index (χ0n) is 9.08. The largest absolute Gasteiger partial charge is 0.468 e. The van der Waals surface area contributed by atoms with Gasteiger partial charge in [-0.15, -0.1) is 0 Å². The van der Waals surface area contributed by atoms with E-state index in [4.69, 9.17) is 5.73 Å². The third-order valence-electron chi connectivity index (χ3n) is 2.37. The normalized spacial score (nSPS) is 19.1. The van der Waals surface area contributed by atoms with Crippen molar-refractivity contribution >= 4 is 5.97 Å². The number of methoxy groups -OCH3 is 1. The van der Waals surface area contributed by atoms with Crippen LogP contribution in [0.3, 0.4) is 0 Å². The Hall–Kier alpha value is -0.690. The minimum absolute atomic E-state index is 0.194. The Bertz CT molecular complexity index is 195. The lowest BCUT2D eigenvalue weighted by atomic mass is 10.2. The van der Waals surface area contributed by atoms with E-state index in [0.29, 0.717) is 6.42 Å². The third-order valence-corrected chi connectivity index (χ3v) is 2.37. The lowest BCUT2D eigenvalue weighted by Crippen LogP contribution is -2.45. The molecule has 1 fully saturated rings. The van der Waals surface area contributed by atoms with Gasteiger partial charge >= 0.3 is 5.97 Å². The standard InChI is InChI=1S/C9H20N4O2/c1-15-8(14)7(10)3-2-4-11-9-12-5-6-13-9/h7,9,11-13H,2-6,10H2,1H3/t7-/m1/s1. The monoisotopic (exact) mass is 216 g/mol. The Kier molecular flexibility index (Phi) is 5.56. The van der Waals surface area contributed by atoms with Gasteiger partial charge in [0, 0.05) is 13.1 Å². The molecule has 88 valence electrons. The first-order valence-electron chi connectivity index (χ1n) is 5.27. The highest BCUT2D eigenvalue weighted by Crippen LogP contribution is 1.95. The van der Waals surface area contributed by atoms with Crippen LogP contribution in [0.15, 0.2) is 0 Å². The van der Waals surface area contributed by atoms with E-state index in [1.54, 1.807) is 0 Å². The summed E-state index contributed by atoms with van der Waals surface area (Å²) < 4.78 is 4.53. The van der Waals surface area contributed by atoms with Gasteiger partial charge in [-0.25, -0.2) is 0 Å². The molecule has 0 aromatic rings. The molecule has 0 aliphatic carbocycles. The number of rotatable bonds is 6. The van der Waals surface area contributed by atoms with Crippen molar-refractivity contribution in [3.8, 4) is 0 Å². The molecule has 0 radical (unpaired) electrons. The molecule has 1 aliphatic rings. The summed E-state index contributed by atoms with van der Waals surface area (Å²) in [5.74, 6) is -0.341. The second-order valence-corrected chi connectivity index (χ2v) is 3.57. The summed E-state index contributed by atoms with van der Waals surface area (Å²) in [6.45, 7) is 2.80. The van der Waals surface area contributed by atoms with E-state index in [1.165, 1.54) is 7.11 Å². The van der Waals surface area contributed by atoms with Crippen molar-refractivity contribution < 1.29 is 9.53 Å². The number of hydrogen-bond acceptors (Lipinski definition) is 6. The van der Waals surface area contributed by atoms with Crippen LogP contribution in [0, 0.1) is 0 Å². The Morgan fingerprint density at radius 3 is 2.87 bits per heavy atom. The summed E-state index contributed by atoms with van der Waals surface area (Å²) in [4.78, 5) is 11.0. The van der Waals surface area contributed by atoms with Gasteiger partial charge in [-0.05, 0) is 19.4 Å². The molecule has 6 heteroatoms. The molecular formula is C9H20N4O2. The van der Waals surface area contributed by atoms with E-state index in [9.17, 15) is 4.79 Å². The summed E-state index contributed by atoms with van der Waals surface area (Å²) in [5, 5.41) is 9.73. The topological polar surface area (TPSA) is 88.4 Å². The van der Waals surface area contributed by atoms with Gasteiger partial charge in [-0.2, -0.15) is 0 Å². The minimum atomic E-state index is -0.499. The van der Waals surface area contributed by atoms with Crippen LogP contribution >= 0.6 is 0 Å². The lowest BCUT2D eigenvalue weighted by molar-refractivity contribution is -0.142. The zero-order valence-corrected chi connectivity index (χ0v) is 9.08. The molecule has 0 unspecified atom stereocenters. The fourth-order valence-corrected chi connectivity index (χ4v) is 1.49. The minimum Gasteiger partial charge on any atom is -0.468 e. The molecule has 0 aromatic heterocycles. The average molecular weight is 216 g/mol. The molecule has 0 aromatic carbocycles. The Morgan fingerprint density at radius 1 is 1.60 bits per heavy atom. The molecule has 0 spiro atoms. The van der Waals surface area contributed by atoms with Crippen LogP contribution in [0.5, 0.6) is 0 Å². The third kappa shape index (κ3) is 4.57. The Morgan fingerprint density at radius 2 is 2.27 bits per heavy atom. The molecule has 1 atom stereocenters. The molecule has 6 nitrogen and oxygen atoms in total. The SMILES string of the molecule is COC(=O)[C@H](N)CCCNC1NCCN1. The Balaban J connectivity index is 1.98. The van der Waals surface area contributed by atoms with Gasteiger partial charge in [0.05, 0.1) is 7.11 Å². The highest BCUT2D eigenvalue weighted by molar-refractivity contribution is 5.75. The van der Waals surface area contributed by atoms with Crippen LogP contribution in [-0.2, 0) is 9.53 Å². The molecule has 15 heavy (non-hydrogen) atoms. The molecule has 0 amide bonds. The molecule has 1 heterocycles. The first kappa shape index (κ1) is 12.4. The first-order valence-corrected chi connectivity index (χ1v) is 5.27. The summed E-state index contributed by atoms with van der Waals surface area (Å²) in [6.07, 6.45) is 1.70. The van der Waals surface area contributed by atoms with Gasteiger partial charge < -0.3 is 10.5 Å². The summed E-state index contributed by atoms with van der Waals surface area (Å²) in [5.41, 5.74) is 5.59. The smallest absolute Gasteiger partial charge is 0.322 e. The van der Waals surface area contributed by atoms with Gasteiger partial charge in [0.15, 0.2) is 0 Å². The van der Waals surface area contributed by atoms with Crippen molar-refractivity contribution in [2.75, 3.05) is 26.7 Å². The van der Waals surface area contributed by atoms with Crippen molar-refractivity contribution in [2.45, 2.75) is 25.2 Å². The molecular weight excluding hydrogens is 196 g/mol. The maximum absolute atomic E-state index is 11.0. The number of nitrogens with one attached hydrogen (secondary N) is 3. The number of ether oxygens (including phenoxy) is 1. The molecule has 0 bridgehead atoms. The first-order chi connectivity index (χ1) is 7.24. The van der Waals surface area contributed by atoms with Gasteiger partial charge in [0.25, 0.3) is 0 Å². The fraction of sp³-hybridized carbons (Fsp3) is 0.889. The number of carbonyl (C=O) groups is 1. The maximum atomic E-state index is 11.0. The predicted molar refractivity (Wildman–Crippen MR) is 57.0 cm³/mol. The molecule has 0 saturated carbocycles. The Labute approximate surface area is 89.9 Å². The number of carbonyl (C=O) groups excluding carboxylic acids is 1. The maximum Gasteiger partial charge on any atom is 0.322 e. The van der Waals surface area contributed by atoms with Crippen molar-refractivity contribution in [3.05, 3.63) is 0 Å². The van der Waals surface area contributed by atoms with Crippen LogP contribution in [-0.4, -0.2) is 45.0 Å². The lowest BCUT2D eigenvalue weighted by Gasteiger charge is -2.14. The quantitative estimate of drug-likeness (QED) is 0.314. The number of hydrogen-bond donors (Lipinski definition) is 4. The van der Waals surface area contributed by atoms with Crippen molar-refractivity contribution in [3.63, 3.8) is 0 Å². The van der Waals surface area contributed by atoms with E-state index in [0.717, 1.165) is 26.1 Å². The van der Waals surface area contributed by atoms with Gasteiger partial charge in [-0.1, -0.05) is 0 Å². The highest BCUT2D eigenvalue weighted by atomic mass is 16.5. The van der Waals surface area contributed by atoms with Crippen LogP contribution in [0.25, 0.3) is 0 Å². The molecule has 1 aliphatic heterocycles. The second kappa shape index (κ2) is 6.73. The van der Waals surface area contributed by atoms with Crippen LogP contribution in [0.2, 0.25) is 0 Å².